The first-order valence-corrected chi connectivity index (χ1v) is 4.59. The van der Waals surface area contributed by atoms with E-state index < -0.39 is 5.97 Å². The molecule has 1 aromatic carbocycles. The van der Waals surface area contributed by atoms with Crippen LogP contribution in [0.1, 0.15) is 22.8 Å². The molecule has 1 aromatic rings. The average molecular weight is 193 g/mol. The smallest absolute Gasteiger partial charge is 0.335 e. The molecule has 0 atom stereocenters. The van der Waals surface area contributed by atoms with Gasteiger partial charge in [0.25, 0.3) is 0 Å². The summed E-state index contributed by atoms with van der Waals surface area (Å²) in [4.78, 5) is 12.8. The minimum atomic E-state index is -0.854. The van der Waals surface area contributed by atoms with Crippen LogP contribution in [0.4, 0.5) is 5.69 Å². The molecule has 0 saturated carbocycles. The van der Waals surface area contributed by atoms with Crippen LogP contribution >= 0.6 is 0 Å². The summed E-state index contributed by atoms with van der Waals surface area (Å²) in [5, 5.41) is 8.91. The largest absolute Gasteiger partial charge is 0.478 e. The Morgan fingerprint density at radius 1 is 1.43 bits per heavy atom. The fraction of sp³-hybridized carbons (Fsp3) is 0.364. The summed E-state index contributed by atoms with van der Waals surface area (Å²) >= 11 is 0. The van der Waals surface area contributed by atoms with Gasteiger partial charge in [0.15, 0.2) is 0 Å². The highest BCUT2D eigenvalue weighted by Gasteiger charge is 2.09. The van der Waals surface area contributed by atoms with Crippen molar-refractivity contribution in [3.8, 4) is 0 Å². The quantitative estimate of drug-likeness (QED) is 0.798. The Kier molecular flexibility index (Phi) is 3.12. The van der Waals surface area contributed by atoms with Crippen LogP contribution in [0.2, 0.25) is 0 Å². The molecule has 0 radical (unpaired) electrons. The minimum absolute atomic E-state index is 0.401. The molecule has 1 N–H and O–H groups in total. The SMILES string of the molecule is CCc1cc(N(C)C)ccc1C(=O)O. The second-order valence-corrected chi connectivity index (χ2v) is 3.39. The van der Waals surface area contributed by atoms with Crippen molar-refractivity contribution in [2.24, 2.45) is 0 Å². The van der Waals surface area contributed by atoms with Crippen LogP contribution in [-0.2, 0) is 6.42 Å². The lowest BCUT2D eigenvalue weighted by Gasteiger charge is -2.14. The maximum atomic E-state index is 10.8. The van der Waals surface area contributed by atoms with Gasteiger partial charge in [-0.1, -0.05) is 6.92 Å². The van der Waals surface area contributed by atoms with Crippen LogP contribution in [0.3, 0.4) is 0 Å². The Balaban J connectivity index is 3.18. The van der Waals surface area contributed by atoms with Crippen LogP contribution in [0, 0.1) is 0 Å². The molecule has 0 aliphatic carbocycles. The Labute approximate surface area is 84.0 Å². The molecule has 0 aliphatic rings. The van der Waals surface area contributed by atoms with Crippen molar-refractivity contribution in [1.82, 2.24) is 0 Å². The van der Waals surface area contributed by atoms with Crippen molar-refractivity contribution in [1.29, 1.82) is 0 Å². The highest BCUT2D eigenvalue weighted by atomic mass is 16.4. The van der Waals surface area contributed by atoms with Gasteiger partial charge in [-0.2, -0.15) is 0 Å². The predicted octanol–water partition coefficient (Wildman–Crippen LogP) is 2.01. The monoisotopic (exact) mass is 193 g/mol. The van der Waals surface area contributed by atoms with Crippen LogP contribution in [-0.4, -0.2) is 25.2 Å². The number of rotatable bonds is 3. The molecule has 0 fully saturated rings. The van der Waals surface area contributed by atoms with Gasteiger partial charge in [0.1, 0.15) is 0 Å². The number of benzene rings is 1. The number of anilines is 1. The molecule has 76 valence electrons. The molecule has 0 spiro atoms. The summed E-state index contributed by atoms with van der Waals surface area (Å²) in [7, 11) is 3.88. The lowest BCUT2D eigenvalue weighted by Crippen LogP contribution is -2.10. The van der Waals surface area contributed by atoms with Gasteiger partial charge >= 0.3 is 5.97 Å². The van der Waals surface area contributed by atoms with E-state index in [1.54, 1.807) is 6.07 Å². The van der Waals surface area contributed by atoms with E-state index >= 15 is 0 Å². The van der Waals surface area contributed by atoms with Gasteiger partial charge in [0, 0.05) is 19.8 Å². The standard InChI is InChI=1S/C11H15NO2/c1-4-8-7-9(12(2)3)5-6-10(8)11(13)14/h5-7H,4H2,1-3H3,(H,13,14). The lowest BCUT2D eigenvalue weighted by molar-refractivity contribution is 0.0696. The van der Waals surface area contributed by atoms with Crippen molar-refractivity contribution in [3.63, 3.8) is 0 Å². The summed E-state index contributed by atoms with van der Waals surface area (Å²) in [6, 6.07) is 5.41. The van der Waals surface area contributed by atoms with E-state index in [4.69, 9.17) is 5.11 Å². The average Bonchev–Trinajstić information content (AvgIpc) is 2.16. The topological polar surface area (TPSA) is 40.5 Å². The molecule has 0 saturated heterocycles. The molecular formula is C11H15NO2. The van der Waals surface area contributed by atoms with E-state index in [0.29, 0.717) is 5.56 Å². The molecule has 0 aliphatic heterocycles. The Hall–Kier alpha value is -1.51. The zero-order valence-electron chi connectivity index (χ0n) is 8.74. The van der Waals surface area contributed by atoms with Gasteiger partial charge in [-0.15, -0.1) is 0 Å². The van der Waals surface area contributed by atoms with Gasteiger partial charge in [-0.05, 0) is 30.2 Å². The van der Waals surface area contributed by atoms with Gasteiger partial charge in [0.05, 0.1) is 5.56 Å². The highest BCUT2D eigenvalue weighted by Crippen LogP contribution is 2.18. The molecular weight excluding hydrogens is 178 g/mol. The van der Waals surface area contributed by atoms with E-state index in [1.807, 2.05) is 38.1 Å². The van der Waals surface area contributed by atoms with Crippen molar-refractivity contribution in [2.75, 3.05) is 19.0 Å². The molecule has 3 heteroatoms. The lowest BCUT2D eigenvalue weighted by atomic mass is 10.0. The third-order valence-electron chi connectivity index (χ3n) is 2.22. The van der Waals surface area contributed by atoms with E-state index in [-0.39, 0.29) is 0 Å². The van der Waals surface area contributed by atoms with Crippen LogP contribution in [0.25, 0.3) is 0 Å². The van der Waals surface area contributed by atoms with Crippen molar-refractivity contribution < 1.29 is 9.90 Å². The van der Waals surface area contributed by atoms with E-state index in [0.717, 1.165) is 17.7 Å². The number of hydrogen-bond acceptors (Lipinski definition) is 2. The predicted molar refractivity (Wildman–Crippen MR) is 57.1 cm³/mol. The zero-order valence-corrected chi connectivity index (χ0v) is 8.74. The number of carboxylic acids is 1. The van der Waals surface area contributed by atoms with Crippen molar-refractivity contribution >= 4 is 11.7 Å². The third-order valence-corrected chi connectivity index (χ3v) is 2.22. The zero-order chi connectivity index (χ0) is 10.7. The van der Waals surface area contributed by atoms with Crippen molar-refractivity contribution in [2.45, 2.75) is 13.3 Å². The number of nitrogens with zero attached hydrogens (tertiary/aromatic N) is 1. The summed E-state index contributed by atoms with van der Waals surface area (Å²) in [5.74, 6) is -0.854. The first kappa shape index (κ1) is 10.6. The molecule has 0 heterocycles. The molecule has 3 nitrogen and oxygen atoms in total. The molecule has 0 aromatic heterocycles. The van der Waals surface area contributed by atoms with E-state index in [2.05, 4.69) is 0 Å². The third kappa shape index (κ3) is 2.05. The number of hydrogen-bond donors (Lipinski definition) is 1. The van der Waals surface area contributed by atoms with Crippen LogP contribution < -0.4 is 4.90 Å². The van der Waals surface area contributed by atoms with Gasteiger partial charge in [-0.3, -0.25) is 0 Å². The van der Waals surface area contributed by atoms with Crippen molar-refractivity contribution in [3.05, 3.63) is 29.3 Å². The minimum Gasteiger partial charge on any atom is -0.478 e. The fourth-order valence-electron chi connectivity index (χ4n) is 1.36. The molecule has 0 bridgehead atoms. The first-order valence-electron chi connectivity index (χ1n) is 4.59. The number of aryl methyl sites for hydroxylation is 1. The van der Waals surface area contributed by atoms with Gasteiger partial charge < -0.3 is 10.0 Å². The van der Waals surface area contributed by atoms with Gasteiger partial charge in [-0.25, -0.2) is 4.79 Å². The van der Waals surface area contributed by atoms with Crippen LogP contribution in [0.15, 0.2) is 18.2 Å². The summed E-state index contributed by atoms with van der Waals surface area (Å²) in [6.45, 7) is 1.96. The van der Waals surface area contributed by atoms with Crippen LogP contribution in [0.5, 0.6) is 0 Å². The summed E-state index contributed by atoms with van der Waals surface area (Å²) in [6.07, 6.45) is 0.739. The van der Waals surface area contributed by atoms with E-state index in [9.17, 15) is 4.79 Å². The molecule has 1 rings (SSSR count). The fourth-order valence-corrected chi connectivity index (χ4v) is 1.36. The normalized spacial score (nSPS) is 9.93. The maximum absolute atomic E-state index is 10.8. The second-order valence-electron chi connectivity index (χ2n) is 3.39. The molecule has 14 heavy (non-hydrogen) atoms. The first-order chi connectivity index (χ1) is 6.56. The second kappa shape index (κ2) is 4.13. The molecule has 0 unspecified atom stereocenters. The Morgan fingerprint density at radius 2 is 2.07 bits per heavy atom. The van der Waals surface area contributed by atoms with Gasteiger partial charge in [0.2, 0.25) is 0 Å². The highest BCUT2D eigenvalue weighted by molar-refractivity contribution is 5.90. The Morgan fingerprint density at radius 3 is 2.50 bits per heavy atom. The Bertz CT molecular complexity index is 345. The summed E-state index contributed by atoms with van der Waals surface area (Å²) < 4.78 is 0. The maximum Gasteiger partial charge on any atom is 0.335 e. The summed E-state index contributed by atoms with van der Waals surface area (Å²) in [5.41, 5.74) is 2.31. The number of carboxylic acid groups (broad SMARTS) is 1. The number of aromatic carboxylic acids is 1. The molecule has 0 amide bonds. The van der Waals surface area contributed by atoms with E-state index in [1.165, 1.54) is 0 Å². The number of carbonyl (C=O) groups is 1.